The van der Waals surface area contributed by atoms with E-state index in [0.717, 1.165) is 16.8 Å². The third kappa shape index (κ3) is 3.49. The van der Waals surface area contributed by atoms with Crippen LogP contribution in [0.25, 0.3) is 0 Å². The van der Waals surface area contributed by atoms with E-state index in [4.69, 9.17) is 10.5 Å². The highest BCUT2D eigenvalue weighted by molar-refractivity contribution is 5.91. The van der Waals surface area contributed by atoms with Crippen molar-refractivity contribution in [3.05, 3.63) is 52.5 Å². The van der Waals surface area contributed by atoms with Gasteiger partial charge in [-0.3, -0.25) is 0 Å². The third-order valence-corrected chi connectivity index (χ3v) is 3.37. The molecule has 0 aliphatic carbocycles. The molecule has 1 aromatic heterocycles. The predicted octanol–water partition coefficient (Wildman–Crippen LogP) is 2.89. The van der Waals surface area contributed by atoms with Crippen LogP contribution >= 0.6 is 0 Å². The Morgan fingerprint density at radius 3 is 2.41 bits per heavy atom. The van der Waals surface area contributed by atoms with Gasteiger partial charge in [-0.25, -0.2) is 9.78 Å². The van der Waals surface area contributed by atoms with Gasteiger partial charge in [-0.05, 0) is 39.3 Å². The van der Waals surface area contributed by atoms with Crippen LogP contribution in [0.1, 0.15) is 52.9 Å². The molecule has 2 rings (SSSR count). The van der Waals surface area contributed by atoms with E-state index in [9.17, 15) is 4.79 Å². The predicted molar refractivity (Wildman–Crippen MR) is 84.9 cm³/mol. The minimum absolute atomic E-state index is 0.242. The van der Waals surface area contributed by atoms with E-state index in [1.165, 1.54) is 0 Å². The monoisotopic (exact) mass is 299 g/mol. The zero-order valence-electron chi connectivity index (χ0n) is 13.4. The molecule has 116 valence electrons. The second-order valence-electron chi connectivity index (χ2n) is 5.34. The van der Waals surface area contributed by atoms with Crippen molar-refractivity contribution < 1.29 is 9.53 Å². The summed E-state index contributed by atoms with van der Waals surface area (Å²) in [5.41, 5.74) is 9.04. The average Bonchev–Trinajstić information content (AvgIpc) is 2.47. The van der Waals surface area contributed by atoms with Gasteiger partial charge in [0.25, 0.3) is 0 Å². The van der Waals surface area contributed by atoms with E-state index in [0.29, 0.717) is 23.7 Å². The summed E-state index contributed by atoms with van der Waals surface area (Å²) in [5.74, 6) is 0.410. The number of rotatable bonds is 4. The molecule has 1 unspecified atom stereocenters. The summed E-state index contributed by atoms with van der Waals surface area (Å²) in [6, 6.07) is 6.98. The Morgan fingerprint density at radius 1 is 1.23 bits per heavy atom. The molecular formula is C17H21N3O2. The number of carbonyl (C=O) groups is 1. The molecule has 0 bridgehead atoms. The molecule has 0 saturated heterocycles. The minimum atomic E-state index is -0.427. The number of ether oxygens (including phenoxy) is 1. The van der Waals surface area contributed by atoms with Crippen molar-refractivity contribution in [3.8, 4) is 5.88 Å². The van der Waals surface area contributed by atoms with Gasteiger partial charge in [-0.15, -0.1) is 0 Å². The molecule has 2 aromatic rings. The smallest absolute Gasteiger partial charge is 0.344 e. The van der Waals surface area contributed by atoms with E-state index in [1.54, 1.807) is 19.1 Å². The fourth-order valence-corrected chi connectivity index (χ4v) is 2.22. The van der Waals surface area contributed by atoms with Crippen molar-refractivity contribution in [2.45, 2.75) is 40.2 Å². The lowest BCUT2D eigenvalue weighted by Gasteiger charge is -2.15. The molecule has 0 aliphatic rings. The van der Waals surface area contributed by atoms with Gasteiger partial charge in [0.05, 0.1) is 11.3 Å². The van der Waals surface area contributed by atoms with Gasteiger partial charge >= 0.3 is 5.97 Å². The van der Waals surface area contributed by atoms with Crippen molar-refractivity contribution >= 4 is 5.97 Å². The SMILES string of the molecule is CCc1c(OC(=O)c2ccc(C)cc2)nc(C)nc1C(C)N. The molecule has 2 N–H and O–H groups in total. The quantitative estimate of drug-likeness (QED) is 0.878. The van der Waals surface area contributed by atoms with Crippen LogP contribution in [-0.2, 0) is 6.42 Å². The van der Waals surface area contributed by atoms with Crippen LogP contribution in [0.2, 0.25) is 0 Å². The number of nitrogens with two attached hydrogens (primary N) is 1. The first-order valence-electron chi connectivity index (χ1n) is 7.34. The van der Waals surface area contributed by atoms with E-state index in [1.807, 2.05) is 32.9 Å². The van der Waals surface area contributed by atoms with Gasteiger partial charge in [-0.1, -0.05) is 24.6 Å². The van der Waals surface area contributed by atoms with Crippen molar-refractivity contribution in [1.82, 2.24) is 9.97 Å². The third-order valence-electron chi connectivity index (χ3n) is 3.37. The molecule has 0 saturated carbocycles. The van der Waals surface area contributed by atoms with Crippen molar-refractivity contribution in [1.29, 1.82) is 0 Å². The van der Waals surface area contributed by atoms with Crippen LogP contribution in [0.3, 0.4) is 0 Å². The Bertz CT molecular complexity index is 679. The number of hydrogen-bond acceptors (Lipinski definition) is 5. The molecule has 1 aromatic carbocycles. The molecule has 5 heteroatoms. The molecule has 0 fully saturated rings. The fourth-order valence-electron chi connectivity index (χ4n) is 2.22. The molecular weight excluding hydrogens is 278 g/mol. The fraction of sp³-hybridized carbons (Fsp3) is 0.353. The van der Waals surface area contributed by atoms with Crippen LogP contribution in [-0.4, -0.2) is 15.9 Å². The van der Waals surface area contributed by atoms with Gasteiger partial charge in [0.2, 0.25) is 5.88 Å². The lowest BCUT2D eigenvalue weighted by atomic mass is 10.1. The van der Waals surface area contributed by atoms with E-state index in [-0.39, 0.29) is 6.04 Å². The largest absolute Gasteiger partial charge is 0.403 e. The van der Waals surface area contributed by atoms with Crippen LogP contribution in [0.15, 0.2) is 24.3 Å². The van der Waals surface area contributed by atoms with Crippen molar-refractivity contribution in [3.63, 3.8) is 0 Å². The summed E-state index contributed by atoms with van der Waals surface area (Å²) in [4.78, 5) is 20.9. The van der Waals surface area contributed by atoms with Gasteiger partial charge in [0.1, 0.15) is 5.82 Å². The molecule has 22 heavy (non-hydrogen) atoms. The number of aryl methyl sites for hydroxylation is 2. The zero-order chi connectivity index (χ0) is 16.3. The summed E-state index contributed by atoms with van der Waals surface area (Å²) >= 11 is 0. The number of carbonyl (C=O) groups excluding carboxylic acids is 1. The molecule has 1 atom stereocenters. The first-order chi connectivity index (χ1) is 10.4. The van der Waals surface area contributed by atoms with Crippen LogP contribution in [0.5, 0.6) is 5.88 Å². The molecule has 0 aliphatic heterocycles. The lowest BCUT2D eigenvalue weighted by Crippen LogP contribution is -2.17. The Hall–Kier alpha value is -2.27. The zero-order valence-corrected chi connectivity index (χ0v) is 13.4. The van der Waals surface area contributed by atoms with Gasteiger partial charge in [-0.2, -0.15) is 4.98 Å². The Balaban J connectivity index is 2.36. The van der Waals surface area contributed by atoms with Gasteiger partial charge in [0.15, 0.2) is 0 Å². The molecule has 5 nitrogen and oxygen atoms in total. The summed E-state index contributed by atoms with van der Waals surface area (Å²) in [6.07, 6.45) is 0.646. The first-order valence-corrected chi connectivity index (χ1v) is 7.34. The second kappa shape index (κ2) is 6.66. The average molecular weight is 299 g/mol. The van der Waals surface area contributed by atoms with Crippen LogP contribution in [0, 0.1) is 13.8 Å². The van der Waals surface area contributed by atoms with Crippen molar-refractivity contribution in [2.24, 2.45) is 5.73 Å². The van der Waals surface area contributed by atoms with E-state index in [2.05, 4.69) is 9.97 Å². The number of nitrogens with zero attached hydrogens (tertiary/aromatic N) is 2. The van der Waals surface area contributed by atoms with Crippen molar-refractivity contribution in [2.75, 3.05) is 0 Å². The maximum Gasteiger partial charge on any atom is 0.344 e. The highest BCUT2D eigenvalue weighted by Crippen LogP contribution is 2.24. The molecule has 0 spiro atoms. The van der Waals surface area contributed by atoms with Crippen LogP contribution < -0.4 is 10.5 Å². The highest BCUT2D eigenvalue weighted by Gasteiger charge is 2.18. The Labute approximate surface area is 130 Å². The van der Waals surface area contributed by atoms with E-state index >= 15 is 0 Å². The summed E-state index contributed by atoms with van der Waals surface area (Å²) < 4.78 is 5.49. The molecule has 0 amide bonds. The maximum absolute atomic E-state index is 12.3. The Kier molecular flexibility index (Phi) is 4.88. The summed E-state index contributed by atoms with van der Waals surface area (Å²) in [7, 11) is 0. The van der Waals surface area contributed by atoms with Gasteiger partial charge < -0.3 is 10.5 Å². The Morgan fingerprint density at radius 2 is 1.86 bits per heavy atom. The number of benzene rings is 1. The topological polar surface area (TPSA) is 78.1 Å². The first kappa shape index (κ1) is 16.1. The highest BCUT2D eigenvalue weighted by atomic mass is 16.5. The molecule has 1 heterocycles. The second-order valence-corrected chi connectivity index (χ2v) is 5.34. The lowest BCUT2D eigenvalue weighted by molar-refractivity contribution is 0.0725. The normalized spacial score (nSPS) is 12.0. The number of hydrogen-bond donors (Lipinski definition) is 1. The minimum Gasteiger partial charge on any atom is -0.403 e. The van der Waals surface area contributed by atoms with Gasteiger partial charge in [0, 0.05) is 11.6 Å². The molecule has 0 radical (unpaired) electrons. The summed E-state index contributed by atoms with van der Waals surface area (Å²) in [5, 5.41) is 0. The standard InChI is InChI=1S/C17H21N3O2/c1-5-14-15(11(3)18)19-12(4)20-16(14)22-17(21)13-8-6-10(2)7-9-13/h6-9,11H,5,18H2,1-4H3. The maximum atomic E-state index is 12.3. The van der Waals surface area contributed by atoms with Crippen LogP contribution in [0.4, 0.5) is 0 Å². The number of esters is 1. The van der Waals surface area contributed by atoms with E-state index < -0.39 is 5.97 Å². The summed E-state index contributed by atoms with van der Waals surface area (Å²) in [6.45, 7) is 7.54. The number of aromatic nitrogens is 2.